The highest BCUT2D eigenvalue weighted by Gasteiger charge is 2.34. The van der Waals surface area contributed by atoms with E-state index in [1.165, 1.54) is 11.8 Å². The molecular formula is C18H22N2O3S2. The number of rotatable bonds is 4. The molecular weight excluding hydrogens is 356 g/mol. The van der Waals surface area contributed by atoms with E-state index < -0.39 is 9.84 Å². The van der Waals surface area contributed by atoms with Gasteiger partial charge >= 0.3 is 0 Å². The van der Waals surface area contributed by atoms with Gasteiger partial charge < -0.3 is 4.90 Å². The molecule has 5 nitrogen and oxygen atoms in total. The average molecular weight is 379 g/mol. The van der Waals surface area contributed by atoms with Gasteiger partial charge in [-0.1, -0.05) is 30.0 Å². The minimum absolute atomic E-state index is 0.0558. The first-order valence-electron chi connectivity index (χ1n) is 8.27. The molecule has 0 aliphatic carbocycles. The maximum absolute atomic E-state index is 12.7. The van der Waals surface area contributed by atoms with Gasteiger partial charge in [-0.15, -0.1) is 0 Å². The topological polar surface area (TPSA) is 67.3 Å². The molecule has 3 rings (SSSR count). The fourth-order valence-electron chi connectivity index (χ4n) is 3.16. The van der Waals surface area contributed by atoms with E-state index in [-0.39, 0.29) is 28.7 Å². The number of pyridine rings is 1. The van der Waals surface area contributed by atoms with E-state index in [2.05, 4.69) is 4.98 Å². The van der Waals surface area contributed by atoms with Crippen LogP contribution < -0.4 is 0 Å². The van der Waals surface area contributed by atoms with Gasteiger partial charge in [0.1, 0.15) is 0 Å². The van der Waals surface area contributed by atoms with Gasteiger partial charge in [-0.3, -0.25) is 4.79 Å². The number of nitrogens with zero attached hydrogens (tertiary/aromatic N) is 2. The third-order valence-electron chi connectivity index (χ3n) is 4.65. The molecule has 2 atom stereocenters. The minimum Gasteiger partial charge on any atom is -0.341 e. The molecule has 0 N–H and O–H groups in total. The monoisotopic (exact) mass is 378 g/mol. The van der Waals surface area contributed by atoms with Gasteiger partial charge in [-0.05, 0) is 38.0 Å². The highest BCUT2D eigenvalue weighted by atomic mass is 32.2. The number of hydrogen-bond donors (Lipinski definition) is 0. The Morgan fingerprint density at radius 3 is 2.76 bits per heavy atom. The Kier molecular flexibility index (Phi) is 5.06. The number of sulfone groups is 1. The van der Waals surface area contributed by atoms with Crippen molar-refractivity contribution < 1.29 is 13.2 Å². The van der Waals surface area contributed by atoms with E-state index in [0.717, 1.165) is 21.5 Å². The lowest BCUT2D eigenvalue weighted by molar-refractivity contribution is -0.130. The van der Waals surface area contributed by atoms with Crippen LogP contribution in [0.2, 0.25) is 0 Å². The quantitative estimate of drug-likeness (QED) is 0.765. The lowest BCUT2D eigenvalue weighted by Crippen LogP contribution is -2.41. The zero-order valence-corrected chi connectivity index (χ0v) is 16.2. The van der Waals surface area contributed by atoms with Crippen LogP contribution in [0.3, 0.4) is 0 Å². The smallest absolute Gasteiger partial charge is 0.235 e. The van der Waals surface area contributed by atoms with E-state index in [4.69, 9.17) is 0 Å². The van der Waals surface area contributed by atoms with Crippen molar-refractivity contribution in [2.24, 2.45) is 0 Å². The highest BCUT2D eigenvalue weighted by Crippen LogP contribution is 2.28. The van der Waals surface area contributed by atoms with Crippen LogP contribution in [0, 0.1) is 6.92 Å². The second-order valence-corrected chi connectivity index (χ2v) is 10.2. The first-order valence-corrected chi connectivity index (χ1v) is 11.0. The average Bonchev–Trinajstić information content (AvgIpc) is 2.93. The number of aromatic nitrogens is 1. The van der Waals surface area contributed by atoms with E-state index >= 15 is 0 Å². The van der Waals surface area contributed by atoms with Crippen molar-refractivity contribution in [3.8, 4) is 0 Å². The van der Waals surface area contributed by atoms with E-state index in [9.17, 15) is 13.2 Å². The van der Waals surface area contributed by atoms with E-state index in [1.54, 1.807) is 11.9 Å². The Bertz CT molecular complexity index is 912. The first kappa shape index (κ1) is 18.2. The molecule has 0 unspecified atom stereocenters. The van der Waals surface area contributed by atoms with Crippen LogP contribution in [0.4, 0.5) is 0 Å². The second kappa shape index (κ2) is 6.96. The van der Waals surface area contributed by atoms with Gasteiger partial charge in [0.15, 0.2) is 9.84 Å². The fourth-order valence-corrected chi connectivity index (χ4v) is 5.96. The number of aryl methyl sites for hydroxylation is 1. The lowest BCUT2D eigenvalue weighted by Gasteiger charge is -2.26. The largest absolute Gasteiger partial charge is 0.341 e. The molecule has 7 heteroatoms. The number of carbonyl (C=O) groups excluding carboxylic acids is 1. The van der Waals surface area contributed by atoms with Crippen molar-refractivity contribution in [1.29, 1.82) is 0 Å². The normalized spacial score (nSPS) is 20.5. The molecule has 1 aliphatic rings. The summed E-state index contributed by atoms with van der Waals surface area (Å²) in [5, 5.41) is 1.60. The van der Waals surface area contributed by atoms with Gasteiger partial charge in [0.2, 0.25) is 5.91 Å². The van der Waals surface area contributed by atoms with Crippen LogP contribution in [0.25, 0.3) is 10.9 Å². The number of carbonyl (C=O) groups is 1. The molecule has 134 valence electrons. The third-order valence-corrected chi connectivity index (χ3v) is 7.40. The summed E-state index contributed by atoms with van der Waals surface area (Å²) in [4.78, 5) is 18.9. The predicted molar refractivity (Wildman–Crippen MR) is 102 cm³/mol. The highest BCUT2D eigenvalue weighted by molar-refractivity contribution is 8.00. The molecule has 0 bridgehead atoms. The maximum atomic E-state index is 12.7. The zero-order valence-electron chi connectivity index (χ0n) is 14.6. The molecule has 1 aromatic carbocycles. The Hall–Kier alpha value is -1.60. The van der Waals surface area contributed by atoms with Gasteiger partial charge in [0, 0.05) is 18.5 Å². The fraction of sp³-hybridized carbons (Fsp3) is 0.444. The number of thioether (sulfide) groups is 1. The zero-order chi connectivity index (χ0) is 18.2. The summed E-state index contributed by atoms with van der Waals surface area (Å²) in [6, 6.07) is 9.72. The summed E-state index contributed by atoms with van der Waals surface area (Å²) in [6.07, 6.45) is 0.523. The van der Waals surface area contributed by atoms with Crippen LogP contribution in [-0.2, 0) is 14.6 Å². The Morgan fingerprint density at radius 2 is 2.08 bits per heavy atom. The van der Waals surface area contributed by atoms with Gasteiger partial charge in [-0.2, -0.15) is 0 Å². The molecule has 1 amide bonds. The van der Waals surface area contributed by atoms with E-state index in [0.29, 0.717) is 6.42 Å². The molecule has 1 aliphatic heterocycles. The summed E-state index contributed by atoms with van der Waals surface area (Å²) in [6.45, 7) is 3.88. The Morgan fingerprint density at radius 1 is 1.36 bits per heavy atom. The van der Waals surface area contributed by atoms with Crippen molar-refractivity contribution in [3.05, 3.63) is 35.9 Å². The lowest BCUT2D eigenvalue weighted by atomic mass is 10.1. The van der Waals surface area contributed by atoms with E-state index in [1.807, 2.05) is 44.2 Å². The standard InChI is InChI=1S/C18H22N2O3S2/c1-12-10-17(19-16-7-5-4-6-15(12)16)24-13(2)18(21)20(3)14-8-9-25(22,23)11-14/h4-7,10,13-14H,8-9,11H2,1-3H3/t13-,14+/m1/s1. The summed E-state index contributed by atoms with van der Waals surface area (Å²) in [5.74, 6) is 0.182. The van der Waals surface area contributed by atoms with Crippen molar-refractivity contribution in [1.82, 2.24) is 9.88 Å². The second-order valence-electron chi connectivity index (χ2n) is 6.56. The van der Waals surface area contributed by atoms with Crippen LogP contribution in [0.5, 0.6) is 0 Å². The SMILES string of the molecule is Cc1cc(S[C@H](C)C(=O)N(C)[C@H]2CCS(=O)(=O)C2)nc2ccccc12. The van der Waals surface area contributed by atoms with Gasteiger partial charge in [-0.25, -0.2) is 13.4 Å². The Balaban J connectivity index is 1.73. The number of para-hydroxylation sites is 1. The summed E-state index contributed by atoms with van der Waals surface area (Å²) < 4.78 is 23.3. The summed E-state index contributed by atoms with van der Waals surface area (Å²) >= 11 is 1.42. The van der Waals surface area contributed by atoms with Crippen LogP contribution in [0.15, 0.2) is 35.4 Å². The molecule has 2 heterocycles. The molecule has 1 saturated heterocycles. The van der Waals surface area contributed by atoms with Crippen molar-refractivity contribution >= 4 is 38.4 Å². The summed E-state index contributed by atoms with van der Waals surface area (Å²) in [5.41, 5.74) is 2.04. The van der Waals surface area contributed by atoms with Gasteiger partial charge in [0.05, 0.1) is 27.3 Å². The van der Waals surface area contributed by atoms with Crippen LogP contribution in [0.1, 0.15) is 18.9 Å². The predicted octanol–water partition coefficient (Wildman–Crippen LogP) is 2.67. The first-order chi connectivity index (χ1) is 11.8. The Labute approximate surface area is 152 Å². The number of amides is 1. The maximum Gasteiger partial charge on any atom is 0.235 e. The van der Waals surface area contributed by atoms with Gasteiger partial charge in [0.25, 0.3) is 0 Å². The molecule has 0 radical (unpaired) electrons. The number of fused-ring (bicyclic) bond motifs is 1. The van der Waals surface area contributed by atoms with Crippen molar-refractivity contribution in [3.63, 3.8) is 0 Å². The third kappa shape index (κ3) is 3.98. The van der Waals surface area contributed by atoms with Crippen molar-refractivity contribution in [2.75, 3.05) is 18.6 Å². The molecule has 2 aromatic rings. The summed E-state index contributed by atoms with van der Waals surface area (Å²) in [7, 11) is -1.30. The van der Waals surface area contributed by atoms with Crippen LogP contribution in [-0.4, -0.2) is 54.1 Å². The molecule has 25 heavy (non-hydrogen) atoms. The van der Waals surface area contributed by atoms with Crippen molar-refractivity contribution in [2.45, 2.75) is 36.6 Å². The molecule has 1 aromatic heterocycles. The molecule has 0 spiro atoms. The number of hydrogen-bond acceptors (Lipinski definition) is 5. The van der Waals surface area contributed by atoms with Crippen LogP contribution >= 0.6 is 11.8 Å². The molecule has 1 fully saturated rings. The minimum atomic E-state index is -3.00. The molecule has 0 saturated carbocycles. The number of benzene rings is 1.